The first-order valence-corrected chi connectivity index (χ1v) is 8.81. The molecule has 1 aromatic heterocycles. The second-order valence-electron chi connectivity index (χ2n) is 6.71. The van der Waals surface area contributed by atoms with Crippen molar-refractivity contribution in [2.24, 2.45) is 0 Å². The highest BCUT2D eigenvalue weighted by molar-refractivity contribution is 5.01. The molecule has 4 heteroatoms. The summed E-state index contributed by atoms with van der Waals surface area (Å²) in [5, 5.41) is 8.50. The number of hydrogen-bond donors (Lipinski definition) is 1. The molecule has 0 bridgehead atoms. The summed E-state index contributed by atoms with van der Waals surface area (Å²) in [6.45, 7) is 7.90. The number of nitrogens with one attached hydrogen (secondary N) is 1. The number of aromatic nitrogens is 2. The van der Waals surface area contributed by atoms with E-state index < -0.39 is 0 Å². The fourth-order valence-electron chi connectivity index (χ4n) is 3.46. The molecular weight excluding hydrogens is 260 g/mol. The highest BCUT2D eigenvalue weighted by atomic mass is 15.3. The lowest BCUT2D eigenvalue weighted by Crippen LogP contribution is -2.38. The monoisotopic (exact) mass is 290 g/mol. The van der Waals surface area contributed by atoms with Crippen molar-refractivity contribution >= 4 is 0 Å². The van der Waals surface area contributed by atoms with Gasteiger partial charge in [-0.25, -0.2) is 0 Å². The van der Waals surface area contributed by atoms with Crippen LogP contribution in [0.2, 0.25) is 0 Å². The molecule has 0 radical (unpaired) electrons. The van der Waals surface area contributed by atoms with Gasteiger partial charge in [-0.1, -0.05) is 13.8 Å². The summed E-state index contributed by atoms with van der Waals surface area (Å²) in [7, 11) is 0. The summed E-state index contributed by atoms with van der Waals surface area (Å²) >= 11 is 0. The van der Waals surface area contributed by atoms with Crippen LogP contribution >= 0.6 is 0 Å². The fourth-order valence-corrected chi connectivity index (χ4v) is 3.46. The molecule has 1 aliphatic heterocycles. The fraction of sp³-hybridized carbons (Fsp3) is 0.824. The van der Waals surface area contributed by atoms with E-state index in [1.165, 1.54) is 37.9 Å². The van der Waals surface area contributed by atoms with E-state index >= 15 is 0 Å². The first kappa shape index (κ1) is 15.0. The van der Waals surface area contributed by atoms with Crippen LogP contribution in [0.1, 0.15) is 64.1 Å². The molecule has 1 atom stereocenters. The zero-order valence-corrected chi connectivity index (χ0v) is 13.6. The van der Waals surface area contributed by atoms with Crippen LogP contribution in [0, 0.1) is 0 Å². The molecule has 3 rings (SSSR count). The molecule has 1 unspecified atom stereocenters. The van der Waals surface area contributed by atoms with Crippen molar-refractivity contribution in [3.8, 4) is 0 Å². The highest BCUT2D eigenvalue weighted by Gasteiger charge is 2.28. The van der Waals surface area contributed by atoms with E-state index in [9.17, 15) is 0 Å². The van der Waals surface area contributed by atoms with Crippen molar-refractivity contribution < 1.29 is 0 Å². The summed E-state index contributed by atoms with van der Waals surface area (Å²) in [4.78, 5) is 2.62. The zero-order valence-electron chi connectivity index (χ0n) is 13.6. The molecule has 1 N–H and O–H groups in total. The Morgan fingerprint density at radius 1 is 1.29 bits per heavy atom. The van der Waals surface area contributed by atoms with Crippen LogP contribution in [0.25, 0.3) is 0 Å². The summed E-state index contributed by atoms with van der Waals surface area (Å²) in [5.41, 5.74) is 1.24. The van der Waals surface area contributed by atoms with Crippen molar-refractivity contribution in [1.82, 2.24) is 20.0 Å². The van der Waals surface area contributed by atoms with Crippen LogP contribution in [0.3, 0.4) is 0 Å². The molecule has 1 aromatic rings. The van der Waals surface area contributed by atoms with E-state index in [2.05, 4.69) is 41.0 Å². The van der Waals surface area contributed by atoms with Crippen LogP contribution in [0.4, 0.5) is 0 Å². The predicted octanol–water partition coefficient (Wildman–Crippen LogP) is 2.96. The van der Waals surface area contributed by atoms with Gasteiger partial charge in [0.05, 0.1) is 11.7 Å². The third-order valence-electron chi connectivity index (χ3n) is 5.06. The van der Waals surface area contributed by atoms with Crippen LogP contribution in [0.15, 0.2) is 12.3 Å². The van der Waals surface area contributed by atoms with Crippen molar-refractivity contribution in [3.63, 3.8) is 0 Å². The van der Waals surface area contributed by atoms with Gasteiger partial charge >= 0.3 is 0 Å². The molecule has 118 valence electrons. The Balaban J connectivity index is 1.54. The van der Waals surface area contributed by atoms with Gasteiger partial charge < -0.3 is 5.32 Å². The molecule has 1 saturated carbocycles. The van der Waals surface area contributed by atoms with E-state index in [1.807, 2.05) is 0 Å². The van der Waals surface area contributed by atoms with Gasteiger partial charge in [0.15, 0.2) is 0 Å². The summed E-state index contributed by atoms with van der Waals surface area (Å²) in [5.74, 6) is 0. The molecule has 0 amide bonds. The molecule has 1 saturated heterocycles. The van der Waals surface area contributed by atoms with Gasteiger partial charge in [-0.15, -0.1) is 0 Å². The molecule has 0 spiro atoms. The quantitative estimate of drug-likeness (QED) is 0.799. The Labute approximate surface area is 128 Å². The van der Waals surface area contributed by atoms with Gasteiger partial charge in [-0.2, -0.15) is 5.10 Å². The number of rotatable bonds is 8. The van der Waals surface area contributed by atoms with Gasteiger partial charge in [-0.05, 0) is 51.1 Å². The van der Waals surface area contributed by atoms with Gasteiger partial charge in [0.1, 0.15) is 0 Å². The molecule has 2 fully saturated rings. The minimum absolute atomic E-state index is 0.560. The average Bonchev–Trinajstić information content (AvgIpc) is 3.04. The van der Waals surface area contributed by atoms with Crippen molar-refractivity contribution in [3.05, 3.63) is 18.0 Å². The summed E-state index contributed by atoms with van der Waals surface area (Å²) in [6.07, 6.45) is 9.93. The highest BCUT2D eigenvalue weighted by Crippen LogP contribution is 2.23. The molecule has 21 heavy (non-hydrogen) atoms. The third kappa shape index (κ3) is 3.86. The Kier molecular flexibility index (Phi) is 4.96. The molecular formula is C17H30N4. The predicted molar refractivity (Wildman–Crippen MR) is 86.3 cm³/mol. The van der Waals surface area contributed by atoms with Crippen molar-refractivity contribution in [1.29, 1.82) is 0 Å². The largest absolute Gasteiger partial charge is 0.312 e. The van der Waals surface area contributed by atoms with E-state index in [4.69, 9.17) is 5.10 Å². The zero-order chi connectivity index (χ0) is 14.7. The maximum Gasteiger partial charge on any atom is 0.0765 e. The topological polar surface area (TPSA) is 33.1 Å². The maximum absolute atomic E-state index is 4.81. The maximum atomic E-state index is 4.81. The van der Waals surface area contributed by atoms with Gasteiger partial charge in [0.25, 0.3) is 0 Å². The second-order valence-corrected chi connectivity index (χ2v) is 6.71. The lowest BCUT2D eigenvalue weighted by Gasteiger charge is -2.24. The van der Waals surface area contributed by atoms with E-state index in [-0.39, 0.29) is 0 Å². The molecule has 1 aliphatic carbocycles. The SMILES string of the molecule is CCC(CC)n1ccc(CN2CCCC2CNC2CC2)n1. The molecule has 2 aliphatic rings. The van der Waals surface area contributed by atoms with Crippen molar-refractivity contribution in [2.75, 3.05) is 13.1 Å². The molecule has 4 nitrogen and oxygen atoms in total. The Bertz CT molecular complexity index is 434. The van der Waals surface area contributed by atoms with Crippen molar-refractivity contribution in [2.45, 2.75) is 77.0 Å². The third-order valence-corrected chi connectivity index (χ3v) is 5.06. The number of likely N-dealkylation sites (tertiary alicyclic amines) is 1. The normalized spacial score (nSPS) is 23.3. The second kappa shape index (κ2) is 6.93. The van der Waals surface area contributed by atoms with Crippen LogP contribution in [-0.4, -0.2) is 39.9 Å². The smallest absolute Gasteiger partial charge is 0.0765 e. The Morgan fingerprint density at radius 2 is 2.10 bits per heavy atom. The summed E-state index contributed by atoms with van der Waals surface area (Å²) in [6, 6.07) is 4.30. The standard InChI is InChI=1S/C17H30N4/c1-3-16(4-2)21-11-9-15(19-21)13-20-10-5-6-17(20)12-18-14-7-8-14/h9,11,14,16-18H,3-8,10,12-13H2,1-2H3. The average molecular weight is 290 g/mol. The summed E-state index contributed by atoms with van der Waals surface area (Å²) < 4.78 is 2.17. The minimum atomic E-state index is 0.560. The lowest BCUT2D eigenvalue weighted by atomic mass is 10.2. The van der Waals surface area contributed by atoms with Crippen LogP contribution in [-0.2, 0) is 6.54 Å². The minimum Gasteiger partial charge on any atom is -0.312 e. The van der Waals surface area contributed by atoms with Crippen LogP contribution < -0.4 is 5.32 Å². The lowest BCUT2D eigenvalue weighted by molar-refractivity contribution is 0.234. The van der Waals surface area contributed by atoms with E-state index in [0.717, 1.165) is 32.0 Å². The molecule has 0 aromatic carbocycles. The van der Waals surface area contributed by atoms with Gasteiger partial charge in [-0.3, -0.25) is 9.58 Å². The van der Waals surface area contributed by atoms with E-state index in [0.29, 0.717) is 12.1 Å². The number of nitrogens with zero attached hydrogens (tertiary/aromatic N) is 3. The Hall–Kier alpha value is -0.870. The van der Waals surface area contributed by atoms with Crippen LogP contribution in [0.5, 0.6) is 0 Å². The first-order chi connectivity index (χ1) is 10.3. The van der Waals surface area contributed by atoms with Gasteiger partial charge in [0.2, 0.25) is 0 Å². The van der Waals surface area contributed by atoms with E-state index in [1.54, 1.807) is 0 Å². The number of hydrogen-bond acceptors (Lipinski definition) is 3. The molecule has 2 heterocycles. The Morgan fingerprint density at radius 3 is 2.81 bits per heavy atom. The van der Waals surface area contributed by atoms with Gasteiger partial charge in [0, 0.05) is 31.4 Å². The first-order valence-electron chi connectivity index (χ1n) is 8.81.